The number of urea groups is 1. The zero-order chi connectivity index (χ0) is 20.8. The minimum atomic E-state index is -0.671. The molecule has 0 spiro atoms. The molecule has 1 heterocycles. The molecular weight excluding hydrogens is 390 g/mol. The third-order valence-electron chi connectivity index (χ3n) is 5.03. The summed E-state index contributed by atoms with van der Waals surface area (Å²) in [6.07, 6.45) is 1.14. The van der Waals surface area contributed by atoms with Crippen LogP contribution in [0.1, 0.15) is 36.9 Å². The van der Waals surface area contributed by atoms with E-state index in [0.29, 0.717) is 18.0 Å². The highest BCUT2D eigenvalue weighted by molar-refractivity contribution is 6.30. The minimum Gasteiger partial charge on any atom is -0.356 e. The van der Waals surface area contributed by atoms with Gasteiger partial charge >= 0.3 is 6.03 Å². The molecular formula is C22H24ClN3O3. The molecule has 0 saturated carbocycles. The lowest BCUT2D eigenvalue weighted by atomic mass is 10.1. The number of imide groups is 1. The number of nitrogens with one attached hydrogen (secondary N) is 2. The summed E-state index contributed by atoms with van der Waals surface area (Å²) in [6.45, 7) is 2.32. The SMILES string of the molecule is C[C@H](c1ccccc1)N1C(=O)N[C@H](CCC(=O)NCCc2ccc(Cl)cc2)C1=O. The van der Waals surface area contributed by atoms with Gasteiger partial charge in [-0.3, -0.25) is 14.5 Å². The van der Waals surface area contributed by atoms with Gasteiger partial charge in [-0.25, -0.2) is 4.79 Å². The Balaban J connectivity index is 1.45. The molecule has 1 aliphatic heterocycles. The van der Waals surface area contributed by atoms with Crippen molar-refractivity contribution in [1.29, 1.82) is 0 Å². The zero-order valence-corrected chi connectivity index (χ0v) is 17.0. The van der Waals surface area contributed by atoms with Crippen LogP contribution in [-0.2, 0) is 16.0 Å². The topological polar surface area (TPSA) is 78.5 Å². The molecule has 2 aromatic carbocycles. The van der Waals surface area contributed by atoms with Gasteiger partial charge in [0.2, 0.25) is 5.91 Å². The number of carbonyl (C=O) groups is 3. The van der Waals surface area contributed by atoms with Gasteiger partial charge in [0.15, 0.2) is 0 Å². The number of carbonyl (C=O) groups excluding carboxylic acids is 3. The molecule has 0 unspecified atom stereocenters. The summed E-state index contributed by atoms with van der Waals surface area (Å²) in [4.78, 5) is 38.3. The van der Waals surface area contributed by atoms with Crippen LogP contribution in [0.25, 0.3) is 0 Å². The summed E-state index contributed by atoms with van der Waals surface area (Å²) in [7, 11) is 0. The Morgan fingerprint density at radius 2 is 1.83 bits per heavy atom. The van der Waals surface area contributed by atoms with Crippen molar-refractivity contribution >= 4 is 29.4 Å². The lowest BCUT2D eigenvalue weighted by Gasteiger charge is -2.21. The number of benzene rings is 2. The van der Waals surface area contributed by atoms with Crippen molar-refractivity contribution in [3.05, 3.63) is 70.7 Å². The molecule has 0 bridgehead atoms. The van der Waals surface area contributed by atoms with Crippen LogP contribution in [0.4, 0.5) is 4.79 Å². The monoisotopic (exact) mass is 413 g/mol. The summed E-state index contributed by atoms with van der Waals surface area (Å²) in [5.74, 6) is -0.434. The zero-order valence-electron chi connectivity index (χ0n) is 16.2. The third kappa shape index (κ3) is 5.35. The molecule has 0 radical (unpaired) electrons. The predicted molar refractivity (Wildman–Crippen MR) is 111 cm³/mol. The molecule has 2 aromatic rings. The number of rotatable bonds is 8. The third-order valence-corrected chi connectivity index (χ3v) is 5.28. The van der Waals surface area contributed by atoms with Crippen molar-refractivity contribution in [2.45, 2.75) is 38.3 Å². The Morgan fingerprint density at radius 3 is 2.52 bits per heavy atom. The number of amides is 4. The molecule has 1 saturated heterocycles. The molecule has 1 fully saturated rings. The molecule has 1 aliphatic rings. The van der Waals surface area contributed by atoms with Gasteiger partial charge in [-0.2, -0.15) is 0 Å². The van der Waals surface area contributed by atoms with Crippen LogP contribution in [-0.4, -0.2) is 35.3 Å². The van der Waals surface area contributed by atoms with Gasteiger partial charge in [-0.15, -0.1) is 0 Å². The van der Waals surface area contributed by atoms with Crippen molar-refractivity contribution in [3.63, 3.8) is 0 Å². The highest BCUT2D eigenvalue weighted by atomic mass is 35.5. The first kappa shape index (κ1) is 20.9. The molecule has 7 heteroatoms. The van der Waals surface area contributed by atoms with Crippen LogP contribution in [0, 0.1) is 0 Å². The largest absolute Gasteiger partial charge is 0.356 e. The normalized spacial score (nSPS) is 17.2. The second kappa shape index (κ2) is 9.56. The van der Waals surface area contributed by atoms with Gasteiger partial charge in [0.05, 0.1) is 6.04 Å². The fourth-order valence-electron chi connectivity index (χ4n) is 3.35. The molecule has 0 aromatic heterocycles. The van der Waals surface area contributed by atoms with E-state index in [9.17, 15) is 14.4 Å². The summed E-state index contributed by atoms with van der Waals surface area (Å²) in [5.41, 5.74) is 1.97. The van der Waals surface area contributed by atoms with Crippen molar-refractivity contribution in [2.75, 3.05) is 6.54 Å². The maximum Gasteiger partial charge on any atom is 0.325 e. The molecule has 4 amide bonds. The Bertz CT molecular complexity index is 871. The number of halogens is 1. The van der Waals surface area contributed by atoms with Gasteiger partial charge < -0.3 is 10.6 Å². The maximum atomic E-state index is 12.7. The van der Waals surface area contributed by atoms with Gasteiger partial charge in [-0.05, 0) is 43.0 Å². The average Bonchev–Trinajstić information content (AvgIpc) is 3.01. The van der Waals surface area contributed by atoms with Crippen LogP contribution < -0.4 is 10.6 Å². The second-order valence-corrected chi connectivity index (χ2v) is 7.50. The van der Waals surface area contributed by atoms with Crippen molar-refractivity contribution in [2.24, 2.45) is 0 Å². The Morgan fingerprint density at radius 1 is 1.14 bits per heavy atom. The van der Waals surface area contributed by atoms with Crippen LogP contribution >= 0.6 is 11.6 Å². The van der Waals surface area contributed by atoms with Crippen LogP contribution in [0.2, 0.25) is 5.02 Å². The lowest BCUT2D eigenvalue weighted by molar-refractivity contribution is -0.129. The van der Waals surface area contributed by atoms with Crippen LogP contribution in [0.3, 0.4) is 0 Å². The first-order chi connectivity index (χ1) is 14.0. The summed E-state index contributed by atoms with van der Waals surface area (Å²) in [6, 6.07) is 15.4. The Hall–Kier alpha value is -2.86. The first-order valence-corrected chi connectivity index (χ1v) is 10.0. The molecule has 0 aliphatic carbocycles. The Kier molecular flexibility index (Phi) is 6.88. The van der Waals surface area contributed by atoms with Crippen molar-refractivity contribution in [3.8, 4) is 0 Å². The van der Waals surface area contributed by atoms with E-state index in [1.165, 1.54) is 4.90 Å². The van der Waals surface area contributed by atoms with E-state index in [1.54, 1.807) is 0 Å². The fourth-order valence-corrected chi connectivity index (χ4v) is 3.48. The molecule has 6 nitrogen and oxygen atoms in total. The number of hydrogen-bond donors (Lipinski definition) is 2. The van der Waals surface area contributed by atoms with E-state index in [1.807, 2.05) is 61.5 Å². The van der Waals surface area contributed by atoms with E-state index in [0.717, 1.165) is 11.1 Å². The molecule has 3 rings (SSSR count). The quantitative estimate of drug-likeness (QED) is 0.650. The minimum absolute atomic E-state index is 0.143. The highest BCUT2D eigenvalue weighted by Gasteiger charge is 2.40. The molecule has 29 heavy (non-hydrogen) atoms. The maximum absolute atomic E-state index is 12.7. The van der Waals surface area contributed by atoms with E-state index in [-0.39, 0.29) is 30.7 Å². The van der Waals surface area contributed by atoms with Crippen molar-refractivity contribution in [1.82, 2.24) is 15.5 Å². The van der Waals surface area contributed by atoms with Gasteiger partial charge in [-0.1, -0.05) is 54.1 Å². The smallest absolute Gasteiger partial charge is 0.325 e. The first-order valence-electron chi connectivity index (χ1n) is 9.65. The molecule has 152 valence electrons. The number of nitrogens with zero attached hydrogens (tertiary/aromatic N) is 1. The summed E-state index contributed by atoms with van der Waals surface area (Å²) < 4.78 is 0. The number of hydrogen-bond acceptors (Lipinski definition) is 3. The fraction of sp³-hybridized carbons (Fsp3) is 0.318. The van der Waals surface area contributed by atoms with Gasteiger partial charge in [0, 0.05) is 18.0 Å². The predicted octanol–water partition coefficient (Wildman–Crippen LogP) is 3.46. The Labute approximate surface area is 175 Å². The standard InChI is InChI=1S/C22H24ClN3O3/c1-15(17-5-3-2-4-6-17)26-21(28)19(25-22(26)29)11-12-20(27)24-14-13-16-7-9-18(23)10-8-16/h2-10,15,19H,11-14H2,1H3,(H,24,27)(H,25,29)/t15-,19-/m1/s1. The van der Waals surface area contributed by atoms with E-state index in [4.69, 9.17) is 11.6 Å². The van der Waals surface area contributed by atoms with E-state index >= 15 is 0 Å². The lowest BCUT2D eigenvalue weighted by Crippen LogP contribution is -2.34. The van der Waals surface area contributed by atoms with E-state index < -0.39 is 12.1 Å². The van der Waals surface area contributed by atoms with Gasteiger partial charge in [0.25, 0.3) is 5.91 Å². The summed E-state index contributed by atoms with van der Waals surface area (Å²) in [5, 5.41) is 6.22. The highest BCUT2D eigenvalue weighted by Crippen LogP contribution is 2.25. The van der Waals surface area contributed by atoms with Crippen molar-refractivity contribution < 1.29 is 14.4 Å². The average molecular weight is 414 g/mol. The van der Waals surface area contributed by atoms with Gasteiger partial charge in [0.1, 0.15) is 6.04 Å². The molecule has 2 N–H and O–H groups in total. The van der Waals surface area contributed by atoms with E-state index in [2.05, 4.69) is 10.6 Å². The molecule has 2 atom stereocenters. The summed E-state index contributed by atoms with van der Waals surface area (Å²) >= 11 is 5.86. The van der Waals surface area contributed by atoms with Crippen LogP contribution in [0.5, 0.6) is 0 Å². The van der Waals surface area contributed by atoms with Crippen LogP contribution in [0.15, 0.2) is 54.6 Å². The second-order valence-electron chi connectivity index (χ2n) is 7.06.